The number of carbonyl (C=O) groups excluding carboxylic acids is 1. The maximum absolute atomic E-state index is 12.9. The third kappa shape index (κ3) is 5.63. The van der Waals surface area contributed by atoms with E-state index in [4.69, 9.17) is 16.3 Å². The molecule has 0 atom stereocenters. The van der Waals surface area contributed by atoms with Gasteiger partial charge in [0.1, 0.15) is 5.75 Å². The average molecular weight is 483 g/mol. The van der Waals surface area contributed by atoms with Gasteiger partial charge < -0.3 is 10.1 Å². The molecule has 3 rings (SSSR count). The predicted octanol–water partition coefficient (Wildman–Crippen LogP) is 5.54. The van der Waals surface area contributed by atoms with Gasteiger partial charge in [-0.1, -0.05) is 35.5 Å². The van der Waals surface area contributed by atoms with Crippen molar-refractivity contribution in [3.05, 3.63) is 65.7 Å². The molecule has 1 heterocycles. The molecule has 1 amide bonds. The van der Waals surface area contributed by atoms with Gasteiger partial charge >= 0.3 is 6.18 Å². The Balaban J connectivity index is 1.77. The molecule has 0 aliphatic heterocycles. The van der Waals surface area contributed by atoms with Crippen LogP contribution >= 0.6 is 23.4 Å². The Morgan fingerprint density at radius 2 is 2.06 bits per heavy atom. The van der Waals surface area contributed by atoms with Crippen LogP contribution in [0.2, 0.25) is 5.02 Å². The van der Waals surface area contributed by atoms with Crippen molar-refractivity contribution in [3.63, 3.8) is 0 Å². The molecule has 0 radical (unpaired) electrons. The number of carbonyl (C=O) groups is 1. The summed E-state index contributed by atoms with van der Waals surface area (Å²) in [5, 5.41) is 11.7. The molecule has 0 saturated heterocycles. The van der Waals surface area contributed by atoms with Crippen molar-refractivity contribution in [2.24, 2.45) is 0 Å². The second kappa shape index (κ2) is 10.1. The molecule has 0 saturated carbocycles. The highest BCUT2D eigenvalue weighted by Crippen LogP contribution is 2.34. The van der Waals surface area contributed by atoms with Gasteiger partial charge in [-0.05, 0) is 36.4 Å². The van der Waals surface area contributed by atoms with Crippen molar-refractivity contribution in [2.75, 3.05) is 18.2 Å². The second-order valence-electron chi connectivity index (χ2n) is 6.47. The van der Waals surface area contributed by atoms with Crippen LogP contribution in [0.1, 0.15) is 5.56 Å². The van der Waals surface area contributed by atoms with Crippen LogP contribution in [0.5, 0.6) is 5.75 Å². The lowest BCUT2D eigenvalue weighted by Gasteiger charge is -2.11. The Hall–Kier alpha value is -2.98. The molecular weight excluding hydrogens is 465 g/mol. The van der Waals surface area contributed by atoms with Gasteiger partial charge in [-0.3, -0.25) is 9.36 Å². The van der Waals surface area contributed by atoms with Crippen molar-refractivity contribution in [1.82, 2.24) is 14.8 Å². The number of nitrogens with zero attached hydrogens (tertiary/aromatic N) is 3. The zero-order chi connectivity index (χ0) is 23.3. The smallest absolute Gasteiger partial charge is 0.416 e. The first-order chi connectivity index (χ1) is 15.2. The summed E-state index contributed by atoms with van der Waals surface area (Å²) >= 11 is 7.21. The summed E-state index contributed by atoms with van der Waals surface area (Å²) in [7, 11) is 1.52. The van der Waals surface area contributed by atoms with E-state index in [1.807, 2.05) is 0 Å². The maximum atomic E-state index is 12.9. The number of methoxy groups -OCH3 is 1. The standard InChI is InChI=1S/C21H18ClF3N4O2S/c1-3-9-29-19(16-11-14(22)7-8-17(16)31-2)27-28-20(29)32-12-18(30)26-15-6-4-5-13(10-15)21(23,24)25/h3-8,10-11H,1,9,12H2,2H3,(H,26,30). The number of ether oxygens (including phenoxy) is 1. The predicted molar refractivity (Wildman–Crippen MR) is 118 cm³/mol. The second-order valence-corrected chi connectivity index (χ2v) is 7.84. The van der Waals surface area contributed by atoms with Crippen molar-refractivity contribution < 1.29 is 22.7 Å². The summed E-state index contributed by atoms with van der Waals surface area (Å²) in [5.74, 6) is 0.457. The molecule has 0 aliphatic carbocycles. The highest BCUT2D eigenvalue weighted by Gasteiger charge is 2.30. The van der Waals surface area contributed by atoms with Gasteiger partial charge in [-0.15, -0.1) is 16.8 Å². The number of hydrogen-bond donors (Lipinski definition) is 1. The molecule has 1 N–H and O–H groups in total. The van der Waals surface area contributed by atoms with E-state index in [-0.39, 0.29) is 11.4 Å². The van der Waals surface area contributed by atoms with E-state index in [1.165, 1.54) is 19.2 Å². The van der Waals surface area contributed by atoms with E-state index in [9.17, 15) is 18.0 Å². The number of anilines is 1. The van der Waals surface area contributed by atoms with E-state index in [1.54, 1.807) is 28.8 Å². The van der Waals surface area contributed by atoms with Crippen molar-refractivity contribution in [3.8, 4) is 17.1 Å². The first kappa shape index (κ1) is 23.7. The lowest BCUT2D eigenvalue weighted by molar-refractivity contribution is -0.137. The van der Waals surface area contributed by atoms with Crippen molar-refractivity contribution in [2.45, 2.75) is 17.9 Å². The fraction of sp³-hybridized carbons (Fsp3) is 0.190. The van der Waals surface area contributed by atoms with E-state index in [0.29, 0.717) is 33.9 Å². The number of rotatable bonds is 8. The fourth-order valence-electron chi connectivity index (χ4n) is 2.84. The number of nitrogens with one attached hydrogen (secondary N) is 1. The first-order valence-electron chi connectivity index (χ1n) is 9.21. The number of allylic oxidation sites excluding steroid dienone is 1. The van der Waals surface area contributed by atoms with Gasteiger partial charge in [0.15, 0.2) is 11.0 Å². The zero-order valence-corrected chi connectivity index (χ0v) is 18.4. The van der Waals surface area contributed by atoms with Crippen LogP contribution in [0.3, 0.4) is 0 Å². The summed E-state index contributed by atoms with van der Waals surface area (Å²) in [5.41, 5.74) is -0.161. The highest BCUT2D eigenvalue weighted by molar-refractivity contribution is 7.99. The average Bonchev–Trinajstić information content (AvgIpc) is 3.14. The highest BCUT2D eigenvalue weighted by atomic mass is 35.5. The summed E-state index contributed by atoms with van der Waals surface area (Å²) in [6.07, 6.45) is -2.84. The van der Waals surface area contributed by atoms with Gasteiger partial charge in [-0.2, -0.15) is 13.2 Å². The molecule has 0 bridgehead atoms. The SMILES string of the molecule is C=CCn1c(SCC(=O)Nc2cccc(C(F)(F)F)c2)nnc1-c1cc(Cl)ccc1OC. The minimum Gasteiger partial charge on any atom is -0.496 e. The van der Waals surface area contributed by atoms with Crippen LogP contribution in [-0.4, -0.2) is 33.5 Å². The summed E-state index contributed by atoms with van der Waals surface area (Å²) in [4.78, 5) is 12.3. The lowest BCUT2D eigenvalue weighted by Crippen LogP contribution is -2.15. The van der Waals surface area contributed by atoms with Gasteiger partial charge in [0.25, 0.3) is 0 Å². The molecule has 0 aliphatic rings. The normalized spacial score (nSPS) is 11.3. The number of amides is 1. The van der Waals surface area contributed by atoms with E-state index in [2.05, 4.69) is 22.1 Å². The van der Waals surface area contributed by atoms with Crippen LogP contribution in [0, 0.1) is 0 Å². The van der Waals surface area contributed by atoms with Crippen LogP contribution in [0.4, 0.5) is 18.9 Å². The van der Waals surface area contributed by atoms with E-state index >= 15 is 0 Å². The molecule has 3 aromatic rings. The van der Waals surface area contributed by atoms with Crippen LogP contribution in [-0.2, 0) is 17.5 Å². The molecule has 6 nitrogen and oxygen atoms in total. The largest absolute Gasteiger partial charge is 0.496 e. The number of hydrogen-bond acceptors (Lipinski definition) is 5. The van der Waals surface area contributed by atoms with Gasteiger partial charge in [0.05, 0.1) is 24.0 Å². The number of thioether (sulfide) groups is 1. The van der Waals surface area contributed by atoms with Gasteiger partial charge in [0, 0.05) is 17.3 Å². The van der Waals surface area contributed by atoms with Gasteiger partial charge in [-0.25, -0.2) is 0 Å². The van der Waals surface area contributed by atoms with Crippen LogP contribution in [0.25, 0.3) is 11.4 Å². The number of halogens is 4. The summed E-state index contributed by atoms with van der Waals surface area (Å²) in [6.45, 7) is 4.09. The fourth-order valence-corrected chi connectivity index (χ4v) is 3.76. The quantitative estimate of drug-likeness (QED) is 0.337. The molecule has 11 heteroatoms. The molecule has 0 fully saturated rings. The zero-order valence-electron chi connectivity index (χ0n) is 16.8. The van der Waals surface area contributed by atoms with Crippen molar-refractivity contribution in [1.29, 1.82) is 0 Å². The molecule has 1 aromatic heterocycles. The number of benzene rings is 2. The molecule has 2 aromatic carbocycles. The molecule has 32 heavy (non-hydrogen) atoms. The number of aromatic nitrogens is 3. The Kier molecular flexibility index (Phi) is 7.47. The van der Waals surface area contributed by atoms with Crippen LogP contribution < -0.4 is 10.1 Å². The Bertz CT molecular complexity index is 1130. The monoisotopic (exact) mass is 482 g/mol. The van der Waals surface area contributed by atoms with E-state index in [0.717, 1.165) is 23.9 Å². The minimum absolute atomic E-state index is 0.0577. The summed E-state index contributed by atoms with van der Waals surface area (Å²) in [6, 6.07) is 9.53. The lowest BCUT2D eigenvalue weighted by atomic mass is 10.2. The first-order valence-corrected chi connectivity index (χ1v) is 10.6. The topological polar surface area (TPSA) is 69.0 Å². The van der Waals surface area contributed by atoms with Crippen LogP contribution in [0.15, 0.2) is 60.3 Å². The molecule has 0 unspecified atom stereocenters. The molecule has 168 valence electrons. The third-order valence-electron chi connectivity index (χ3n) is 4.24. The molecule has 0 spiro atoms. The van der Waals surface area contributed by atoms with Crippen molar-refractivity contribution >= 4 is 35.0 Å². The van der Waals surface area contributed by atoms with Gasteiger partial charge in [0.2, 0.25) is 5.91 Å². The number of alkyl halides is 3. The summed E-state index contributed by atoms with van der Waals surface area (Å²) < 4.78 is 45.7. The Morgan fingerprint density at radius 3 is 2.75 bits per heavy atom. The Labute approximate surface area is 191 Å². The third-order valence-corrected chi connectivity index (χ3v) is 5.44. The molecular formula is C21H18ClF3N4O2S. The van der Waals surface area contributed by atoms with E-state index < -0.39 is 17.6 Å². The Morgan fingerprint density at radius 1 is 1.28 bits per heavy atom. The maximum Gasteiger partial charge on any atom is 0.416 e. The minimum atomic E-state index is -4.49.